The van der Waals surface area contributed by atoms with Gasteiger partial charge in [0.05, 0.1) is 59.3 Å². The molecule has 4 aliphatic rings. The molecular weight excluding hydrogens is 544 g/mol. The van der Waals surface area contributed by atoms with Gasteiger partial charge in [0.1, 0.15) is 5.60 Å². The highest BCUT2D eigenvalue weighted by Gasteiger charge is 2.33. The molecule has 41 heavy (non-hydrogen) atoms. The van der Waals surface area contributed by atoms with E-state index in [0.29, 0.717) is 64.3 Å². The van der Waals surface area contributed by atoms with Crippen LogP contribution in [0, 0.1) is 0 Å². The highest BCUT2D eigenvalue weighted by Crippen LogP contribution is 2.12. The Morgan fingerprint density at radius 1 is 0.683 bits per heavy atom. The molecule has 4 aliphatic heterocycles. The van der Waals surface area contributed by atoms with Crippen molar-refractivity contribution in [2.24, 2.45) is 0 Å². The van der Waals surface area contributed by atoms with Crippen LogP contribution < -0.4 is 0 Å². The summed E-state index contributed by atoms with van der Waals surface area (Å²) in [4.78, 5) is 66.1. The van der Waals surface area contributed by atoms with Crippen molar-refractivity contribution in [3.63, 3.8) is 0 Å². The number of aliphatic carboxylic acids is 1. The summed E-state index contributed by atoms with van der Waals surface area (Å²) in [7, 11) is 0. The summed E-state index contributed by atoms with van der Waals surface area (Å²) in [6, 6.07) is 0. The number of rotatable bonds is 7. The summed E-state index contributed by atoms with van der Waals surface area (Å²) >= 11 is 0. The zero-order valence-electron chi connectivity index (χ0n) is 24.3. The number of esters is 1. The van der Waals surface area contributed by atoms with Gasteiger partial charge in [-0.15, -0.1) is 5.06 Å². The first-order chi connectivity index (χ1) is 19.4. The highest BCUT2D eigenvalue weighted by molar-refractivity contribution is 6.01. The van der Waals surface area contributed by atoms with Crippen molar-refractivity contribution < 1.29 is 52.9 Å². The number of carbonyl (C=O) groups is 5. The first-order valence-electron chi connectivity index (χ1n) is 13.8. The molecule has 4 saturated heterocycles. The van der Waals surface area contributed by atoms with E-state index in [-0.39, 0.29) is 37.5 Å². The third-order valence-corrected chi connectivity index (χ3v) is 5.99. The topological polar surface area (TPSA) is 165 Å². The van der Waals surface area contributed by atoms with Crippen molar-refractivity contribution in [2.75, 3.05) is 98.5 Å². The largest absolute Gasteiger partial charge is 0.480 e. The predicted molar refractivity (Wildman–Crippen MR) is 142 cm³/mol. The van der Waals surface area contributed by atoms with Gasteiger partial charge >= 0.3 is 17.9 Å². The molecule has 15 heteroatoms. The van der Waals surface area contributed by atoms with E-state index in [4.69, 9.17) is 28.9 Å². The number of amides is 2. The molecule has 0 bridgehead atoms. The van der Waals surface area contributed by atoms with Crippen LogP contribution in [-0.2, 0) is 47.8 Å². The maximum Gasteiger partial charge on any atom is 0.347 e. The van der Waals surface area contributed by atoms with Crippen LogP contribution in [-0.4, -0.2) is 159 Å². The summed E-state index contributed by atoms with van der Waals surface area (Å²) in [5.41, 5.74) is -0.386. The Hall–Kier alpha value is -2.69. The van der Waals surface area contributed by atoms with E-state index in [0.717, 1.165) is 26.2 Å². The Labute approximate surface area is 240 Å². The number of carboxylic acids is 1. The number of morpholine rings is 3. The summed E-state index contributed by atoms with van der Waals surface area (Å²) < 4.78 is 20.6. The van der Waals surface area contributed by atoms with Crippen LogP contribution in [0.4, 0.5) is 0 Å². The lowest BCUT2D eigenvalue weighted by atomic mass is 10.2. The van der Waals surface area contributed by atoms with Gasteiger partial charge in [-0.3, -0.25) is 33.9 Å². The number of nitrogens with zero attached hydrogens (tertiary/aromatic N) is 4. The Morgan fingerprint density at radius 3 is 1.41 bits per heavy atom. The molecule has 4 rings (SSSR count). The number of hydroxylamine groups is 2. The molecular formula is C26H44N4O11. The highest BCUT2D eigenvalue weighted by atomic mass is 16.7. The van der Waals surface area contributed by atoms with Crippen LogP contribution >= 0.6 is 0 Å². The average Bonchev–Trinajstić information content (AvgIpc) is 3.22. The SMILES string of the molecule is CC(C)(C)OC(=O)CN1CCOCC1.O=C(CN1CCOCC1)ON1C(=O)CCC1=O.O=C(O)CN1CCOCC1. The number of hydrogen-bond acceptors (Lipinski definition) is 13. The fourth-order valence-corrected chi connectivity index (χ4v) is 4.00. The zero-order valence-corrected chi connectivity index (χ0v) is 24.3. The maximum absolute atomic E-state index is 11.5. The van der Waals surface area contributed by atoms with Gasteiger partial charge < -0.3 is 28.9 Å². The third-order valence-electron chi connectivity index (χ3n) is 5.99. The van der Waals surface area contributed by atoms with E-state index in [9.17, 15) is 24.0 Å². The van der Waals surface area contributed by atoms with Crippen molar-refractivity contribution in [1.82, 2.24) is 19.8 Å². The minimum Gasteiger partial charge on any atom is -0.480 e. The molecule has 4 fully saturated rings. The van der Waals surface area contributed by atoms with Gasteiger partial charge in [0.15, 0.2) is 0 Å². The van der Waals surface area contributed by atoms with Crippen LogP contribution in [0.25, 0.3) is 0 Å². The number of imide groups is 1. The van der Waals surface area contributed by atoms with Gasteiger partial charge in [-0.05, 0) is 20.8 Å². The molecule has 1 N–H and O–H groups in total. The van der Waals surface area contributed by atoms with E-state index in [1.54, 1.807) is 0 Å². The second-order valence-electron chi connectivity index (χ2n) is 10.7. The lowest BCUT2D eigenvalue weighted by molar-refractivity contribution is -0.198. The molecule has 0 spiro atoms. The molecule has 0 aromatic heterocycles. The van der Waals surface area contributed by atoms with E-state index < -0.39 is 23.8 Å². The van der Waals surface area contributed by atoms with Crippen LogP contribution in [0.1, 0.15) is 33.6 Å². The van der Waals surface area contributed by atoms with Gasteiger partial charge in [0, 0.05) is 52.1 Å². The van der Waals surface area contributed by atoms with Crippen molar-refractivity contribution in [3.8, 4) is 0 Å². The Bertz CT molecular complexity index is 846. The first kappa shape index (κ1) is 34.5. The molecule has 15 nitrogen and oxygen atoms in total. The fraction of sp³-hybridized carbons (Fsp3) is 0.808. The maximum atomic E-state index is 11.5. The minimum atomic E-state index is -0.762. The van der Waals surface area contributed by atoms with Gasteiger partial charge in [-0.1, -0.05) is 0 Å². The first-order valence-corrected chi connectivity index (χ1v) is 13.8. The van der Waals surface area contributed by atoms with E-state index in [1.807, 2.05) is 30.6 Å². The van der Waals surface area contributed by atoms with Crippen LogP contribution in [0.3, 0.4) is 0 Å². The summed E-state index contributed by atoms with van der Waals surface area (Å²) in [6.07, 6.45) is 0.229. The van der Waals surface area contributed by atoms with Crippen LogP contribution in [0.15, 0.2) is 0 Å². The second kappa shape index (κ2) is 18.0. The van der Waals surface area contributed by atoms with E-state index in [1.165, 1.54) is 0 Å². The Kier molecular flexibility index (Phi) is 15.1. The summed E-state index contributed by atoms with van der Waals surface area (Å²) in [5, 5.41) is 8.96. The van der Waals surface area contributed by atoms with Crippen molar-refractivity contribution in [2.45, 2.75) is 39.2 Å². The van der Waals surface area contributed by atoms with Gasteiger partial charge in [0.25, 0.3) is 11.8 Å². The molecule has 0 atom stereocenters. The van der Waals surface area contributed by atoms with E-state index in [2.05, 4.69) is 4.90 Å². The van der Waals surface area contributed by atoms with Gasteiger partial charge in [0.2, 0.25) is 0 Å². The molecule has 0 radical (unpaired) electrons. The van der Waals surface area contributed by atoms with Crippen LogP contribution in [0.5, 0.6) is 0 Å². The predicted octanol–water partition coefficient (Wildman–Crippen LogP) is -1.01. The number of ether oxygens (including phenoxy) is 4. The molecule has 0 aliphatic carbocycles. The Morgan fingerprint density at radius 2 is 1.05 bits per heavy atom. The molecule has 0 aromatic rings. The van der Waals surface area contributed by atoms with Crippen LogP contribution in [0.2, 0.25) is 0 Å². The summed E-state index contributed by atoms with van der Waals surface area (Å²) in [5.74, 6) is -2.41. The minimum absolute atomic E-state index is 0.0699. The molecule has 234 valence electrons. The normalized spacial score (nSPS) is 20.8. The number of carbonyl (C=O) groups excluding carboxylic acids is 4. The molecule has 0 saturated carbocycles. The molecule has 0 unspecified atom stereocenters. The molecule has 0 aromatic carbocycles. The lowest BCUT2D eigenvalue weighted by Crippen LogP contribution is -2.42. The zero-order chi connectivity index (χ0) is 30.3. The standard InChI is InChI=1S/C10H14N2O5.C10H19NO3.C6H11NO3/c13-8-1-2-9(14)12(8)17-10(15)7-11-3-5-16-6-4-11;1-10(2,3)14-9(12)8-11-4-6-13-7-5-11;8-6(9)5-7-1-3-10-4-2-7/h1-7H2;4-8H2,1-3H3;1-5H2,(H,8,9). The number of hydrogen-bond donors (Lipinski definition) is 1. The second-order valence-corrected chi connectivity index (χ2v) is 10.7. The summed E-state index contributed by atoms with van der Waals surface area (Å²) in [6.45, 7) is 14.5. The monoisotopic (exact) mass is 588 g/mol. The third kappa shape index (κ3) is 15.2. The smallest absolute Gasteiger partial charge is 0.347 e. The van der Waals surface area contributed by atoms with Gasteiger partial charge in [-0.2, -0.15) is 0 Å². The molecule has 2 amide bonds. The van der Waals surface area contributed by atoms with E-state index >= 15 is 0 Å². The molecule has 4 heterocycles. The van der Waals surface area contributed by atoms with Crippen molar-refractivity contribution in [3.05, 3.63) is 0 Å². The fourth-order valence-electron chi connectivity index (χ4n) is 4.00. The lowest BCUT2D eigenvalue weighted by Gasteiger charge is -2.27. The van der Waals surface area contributed by atoms with Crippen molar-refractivity contribution in [1.29, 1.82) is 0 Å². The quantitative estimate of drug-likeness (QED) is 0.284. The average molecular weight is 589 g/mol. The number of carboxylic acid groups (broad SMARTS) is 1. The van der Waals surface area contributed by atoms with Crippen molar-refractivity contribution >= 4 is 29.7 Å². The Balaban J connectivity index is 0.000000223. The van der Waals surface area contributed by atoms with Gasteiger partial charge in [-0.25, -0.2) is 4.79 Å².